The molecule has 22 heavy (non-hydrogen) atoms. The first-order valence-corrected chi connectivity index (χ1v) is 9.90. The van der Waals surface area contributed by atoms with Crippen LogP contribution in [0.25, 0.3) is 0 Å². The van der Waals surface area contributed by atoms with E-state index in [1.54, 1.807) is 0 Å². The van der Waals surface area contributed by atoms with Crippen LogP contribution in [0, 0.1) is 29.6 Å². The molecular formula is C21H46O. The third-order valence-corrected chi connectivity index (χ3v) is 4.94. The van der Waals surface area contributed by atoms with Gasteiger partial charge >= 0.3 is 0 Å². The predicted octanol–water partition coefficient (Wildman–Crippen LogP) is 6.94. The molecule has 0 rings (SSSR count). The van der Waals surface area contributed by atoms with Crippen LogP contribution in [0.2, 0.25) is 0 Å². The Hall–Kier alpha value is -0.0400. The lowest BCUT2D eigenvalue weighted by Crippen LogP contribution is -2.12. The van der Waals surface area contributed by atoms with Crippen LogP contribution in [-0.4, -0.2) is 11.7 Å². The summed E-state index contributed by atoms with van der Waals surface area (Å²) in [6.45, 7) is 18.6. The van der Waals surface area contributed by atoms with Crippen molar-refractivity contribution in [1.82, 2.24) is 0 Å². The van der Waals surface area contributed by atoms with Crippen molar-refractivity contribution in [2.45, 2.75) is 100 Å². The van der Waals surface area contributed by atoms with Gasteiger partial charge in [-0.25, -0.2) is 0 Å². The Morgan fingerprint density at radius 1 is 0.682 bits per heavy atom. The zero-order chi connectivity index (χ0) is 17.5. The molecule has 0 fully saturated rings. The van der Waals surface area contributed by atoms with E-state index in [2.05, 4.69) is 55.4 Å². The summed E-state index contributed by atoms with van der Waals surface area (Å²) in [5.74, 6) is 3.87. The molecule has 0 aliphatic rings. The van der Waals surface area contributed by atoms with Crippen molar-refractivity contribution < 1.29 is 5.11 Å². The van der Waals surface area contributed by atoms with Crippen molar-refractivity contribution in [3.63, 3.8) is 0 Å². The quantitative estimate of drug-likeness (QED) is 0.410. The highest BCUT2D eigenvalue weighted by molar-refractivity contribution is 4.62. The van der Waals surface area contributed by atoms with E-state index in [1.165, 1.54) is 44.9 Å². The maximum atomic E-state index is 9.00. The highest BCUT2D eigenvalue weighted by atomic mass is 16.3. The van der Waals surface area contributed by atoms with Crippen LogP contribution in [0.1, 0.15) is 100 Å². The second kappa shape index (κ2) is 15.8. The lowest BCUT2D eigenvalue weighted by Gasteiger charge is -2.19. The van der Waals surface area contributed by atoms with Gasteiger partial charge in [-0.15, -0.1) is 0 Å². The Bertz CT molecular complexity index is 208. The summed E-state index contributed by atoms with van der Waals surface area (Å²) in [4.78, 5) is 0. The smallest absolute Gasteiger partial charge is 0.0461 e. The minimum absolute atomic E-state index is 0.362. The van der Waals surface area contributed by atoms with Crippen LogP contribution in [0.3, 0.4) is 0 Å². The van der Waals surface area contributed by atoms with Crippen molar-refractivity contribution >= 4 is 0 Å². The van der Waals surface area contributed by atoms with Gasteiger partial charge in [0.15, 0.2) is 0 Å². The van der Waals surface area contributed by atoms with E-state index in [4.69, 9.17) is 5.11 Å². The number of hydrogen-bond donors (Lipinski definition) is 1. The molecule has 0 saturated carbocycles. The first kappa shape index (κ1) is 24.2. The minimum Gasteiger partial charge on any atom is -0.396 e. The average Bonchev–Trinajstić information content (AvgIpc) is 2.44. The van der Waals surface area contributed by atoms with Gasteiger partial charge in [0.2, 0.25) is 0 Å². The Labute approximate surface area is 142 Å². The molecule has 0 amide bonds. The maximum absolute atomic E-state index is 9.00. The number of aliphatic hydroxyl groups is 1. The largest absolute Gasteiger partial charge is 0.396 e. The van der Waals surface area contributed by atoms with E-state index in [9.17, 15) is 0 Å². The van der Waals surface area contributed by atoms with Gasteiger partial charge in [-0.2, -0.15) is 0 Å². The van der Waals surface area contributed by atoms with Crippen molar-refractivity contribution in [2.24, 2.45) is 29.6 Å². The molecule has 0 spiro atoms. The number of aliphatic hydroxyl groups excluding tert-OH is 1. The third kappa shape index (κ3) is 14.9. The summed E-state index contributed by atoms with van der Waals surface area (Å²) in [5.41, 5.74) is 0. The van der Waals surface area contributed by atoms with Gasteiger partial charge in [0, 0.05) is 6.61 Å². The summed E-state index contributed by atoms with van der Waals surface area (Å²) in [5, 5.41) is 9.00. The Balaban J connectivity index is 0. The van der Waals surface area contributed by atoms with Crippen LogP contribution in [0.4, 0.5) is 0 Å². The van der Waals surface area contributed by atoms with Crippen molar-refractivity contribution in [1.29, 1.82) is 0 Å². The molecule has 0 radical (unpaired) electrons. The molecule has 0 aromatic rings. The molecule has 2 atom stereocenters. The van der Waals surface area contributed by atoms with Crippen molar-refractivity contribution in [2.75, 3.05) is 6.61 Å². The summed E-state index contributed by atoms with van der Waals surface area (Å²) >= 11 is 0. The normalized spacial score (nSPS) is 14.2. The fourth-order valence-electron chi connectivity index (χ4n) is 2.85. The standard InChI is InChI=1S/C11H24.C10H22O/c1-6-11(10(4)5)8-7-9(2)3;1-4-5-6-7-10(8-11)9(2)3/h9-11H,6-8H2,1-5H3;9-11H,4-8H2,1-3H3/t11-;10-/m01/s1. The van der Waals surface area contributed by atoms with Gasteiger partial charge in [0.1, 0.15) is 0 Å². The van der Waals surface area contributed by atoms with Crippen LogP contribution in [0.15, 0.2) is 0 Å². The molecule has 0 unspecified atom stereocenters. The molecule has 0 bridgehead atoms. The molecule has 1 N–H and O–H groups in total. The molecule has 1 nitrogen and oxygen atoms in total. The lowest BCUT2D eigenvalue weighted by molar-refractivity contribution is 0.178. The van der Waals surface area contributed by atoms with Crippen LogP contribution in [0.5, 0.6) is 0 Å². The Morgan fingerprint density at radius 3 is 1.55 bits per heavy atom. The highest BCUT2D eigenvalue weighted by Gasteiger charge is 2.11. The van der Waals surface area contributed by atoms with Gasteiger partial charge in [-0.1, -0.05) is 87.5 Å². The summed E-state index contributed by atoms with van der Waals surface area (Å²) < 4.78 is 0. The van der Waals surface area contributed by atoms with E-state index in [0.29, 0.717) is 18.4 Å². The predicted molar refractivity (Wildman–Crippen MR) is 102 cm³/mol. The number of unbranched alkanes of at least 4 members (excludes halogenated alkanes) is 2. The van der Waals surface area contributed by atoms with E-state index in [1.807, 2.05) is 0 Å². The first-order chi connectivity index (χ1) is 10.3. The van der Waals surface area contributed by atoms with E-state index >= 15 is 0 Å². The van der Waals surface area contributed by atoms with Crippen LogP contribution >= 0.6 is 0 Å². The second-order valence-electron chi connectivity index (χ2n) is 8.07. The maximum Gasteiger partial charge on any atom is 0.0461 e. The van der Waals surface area contributed by atoms with E-state index in [-0.39, 0.29) is 0 Å². The summed E-state index contributed by atoms with van der Waals surface area (Å²) in [7, 11) is 0. The highest BCUT2D eigenvalue weighted by Crippen LogP contribution is 2.22. The van der Waals surface area contributed by atoms with Gasteiger partial charge < -0.3 is 5.11 Å². The topological polar surface area (TPSA) is 20.2 Å². The van der Waals surface area contributed by atoms with Gasteiger partial charge in [0.05, 0.1) is 0 Å². The molecule has 0 heterocycles. The second-order valence-corrected chi connectivity index (χ2v) is 8.07. The zero-order valence-corrected chi connectivity index (χ0v) is 17.0. The zero-order valence-electron chi connectivity index (χ0n) is 17.0. The van der Waals surface area contributed by atoms with E-state index < -0.39 is 0 Å². The third-order valence-electron chi connectivity index (χ3n) is 4.94. The SMILES string of the molecule is CCCCC[C@H](CO)C(C)C.CC[C@@H](CCC(C)C)C(C)C. The molecule has 0 saturated heterocycles. The molecule has 0 aliphatic carbocycles. The number of hydrogen-bond acceptors (Lipinski definition) is 1. The van der Waals surface area contributed by atoms with Crippen molar-refractivity contribution in [3.05, 3.63) is 0 Å². The van der Waals surface area contributed by atoms with Crippen molar-refractivity contribution in [3.8, 4) is 0 Å². The Kier molecular flexibility index (Phi) is 17.4. The van der Waals surface area contributed by atoms with Crippen LogP contribution < -0.4 is 0 Å². The van der Waals surface area contributed by atoms with Gasteiger partial charge in [-0.05, 0) is 42.4 Å². The molecule has 0 aromatic carbocycles. The van der Waals surface area contributed by atoms with E-state index in [0.717, 1.165) is 17.8 Å². The Morgan fingerprint density at radius 2 is 1.23 bits per heavy atom. The van der Waals surface area contributed by atoms with Gasteiger partial charge in [-0.3, -0.25) is 0 Å². The summed E-state index contributed by atoms with van der Waals surface area (Å²) in [6.07, 6.45) is 9.23. The minimum atomic E-state index is 0.362. The monoisotopic (exact) mass is 314 g/mol. The fourth-order valence-corrected chi connectivity index (χ4v) is 2.85. The molecule has 0 aromatic heterocycles. The average molecular weight is 315 g/mol. The van der Waals surface area contributed by atoms with Gasteiger partial charge in [0.25, 0.3) is 0 Å². The summed E-state index contributed by atoms with van der Waals surface area (Å²) in [6, 6.07) is 0. The lowest BCUT2D eigenvalue weighted by atomic mass is 9.87. The first-order valence-electron chi connectivity index (χ1n) is 9.90. The molecule has 136 valence electrons. The molecule has 0 aliphatic heterocycles. The molecular weight excluding hydrogens is 268 g/mol. The molecule has 1 heteroatoms. The number of rotatable bonds is 11. The fraction of sp³-hybridized carbons (Fsp3) is 1.00. The van der Waals surface area contributed by atoms with Crippen LogP contribution in [-0.2, 0) is 0 Å².